The first-order valence-electron chi connectivity index (χ1n) is 6.67. The van der Waals surface area contributed by atoms with E-state index in [-0.39, 0.29) is 11.9 Å². The van der Waals surface area contributed by atoms with Gasteiger partial charge in [-0.25, -0.2) is 0 Å². The Morgan fingerprint density at radius 2 is 1.71 bits per heavy atom. The smallest absolute Gasteiger partial charge is 0.200 e. The molecule has 2 aromatic carbocycles. The van der Waals surface area contributed by atoms with Crippen LogP contribution in [0.25, 0.3) is 0 Å². The Balaban J connectivity index is 2.45. The van der Waals surface area contributed by atoms with Gasteiger partial charge in [-0.05, 0) is 44.2 Å². The van der Waals surface area contributed by atoms with Gasteiger partial charge in [0.1, 0.15) is 11.5 Å². The van der Waals surface area contributed by atoms with Gasteiger partial charge in [-0.1, -0.05) is 28.1 Å². The molecule has 0 heterocycles. The zero-order valence-corrected chi connectivity index (χ0v) is 13.8. The molecule has 21 heavy (non-hydrogen) atoms. The second kappa shape index (κ2) is 6.76. The van der Waals surface area contributed by atoms with Gasteiger partial charge in [-0.2, -0.15) is 0 Å². The highest BCUT2D eigenvalue weighted by molar-refractivity contribution is 9.10. The molecule has 2 aromatic rings. The maximum atomic E-state index is 12.8. The second-order valence-electron chi connectivity index (χ2n) is 4.84. The number of rotatable bonds is 5. The lowest BCUT2D eigenvalue weighted by Gasteiger charge is -2.14. The van der Waals surface area contributed by atoms with Crippen LogP contribution >= 0.6 is 15.9 Å². The van der Waals surface area contributed by atoms with Gasteiger partial charge in [0.05, 0.1) is 24.3 Å². The van der Waals surface area contributed by atoms with Gasteiger partial charge in [-0.15, -0.1) is 0 Å². The summed E-state index contributed by atoms with van der Waals surface area (Å²) in [5, 5.41) is 0. The van der Waals surface area contributed by atoms with Crippen molar-refractivity contribution in [3.05, 3.63) is 58.1 Å². The summed E-state index contributed by atoms with van der Waals surface area (Å²) in [6, 6.07) is 12.6. The number of benzene rings is 2. The lowest BCUT2D eigenvalue weighted by Crippen LogP contribution is -2.11. The highest BCUT2D eigenvalue weighted by Crippen LogP contribution is 2.29. The molecular weight excluding hydrogens is 332 g/mol. The third-order valence-corrected chi connectivity index (χ3v) is 3.40. The molecule has 2 rings (SSSR count). The van der Waals surface area contributed by atoms with Gasteiger partial charge < -0.3 is 9.47 Å². The lowest BCUT2D eigenvalue weighted by molar-refractivity contribution is 0.103. The Morgan fingerprint density at radius 3 is 2.38 bits per heavy atom. The molecular formula is C17H17BrO3. The summed E-state index contributed by atoms with van der Waals surface area (Å²) < 4.78 is 11.9. The Labute approximate surface area is 133 Å². The van der Waals surface area contributed by atoms with Crippen LogP contribution in [0.3, 0.4) is 0 Å². The van der Waals surface area contributed by atoms with Crippen molar-refractivity contribution in [2.75, 3.05) is 7.11 Å². The fourth-order valence-electron chi connectivity index (χ4n) is 2.01. The van der Waals surface area contributed by atoms with Gasteiger partial charge in [0.15, 0.2) is 5.78 Å². The van der Waals surface area contributed by atoms with Crippen molar-refractivity contribution in [2.24, 2.45) is 0 Å². The summed E-state index contributed by atoms with van der Waals surface area (Å²) in [6.45, 7) is 3.86. The van der Waals surface area contributed by atoms with Crippen LogP contribution in [0.5, 0.6) is 11.5 Å². The van der Waals surface area contributed by atoms with Crippen LogP contribution in [0.15, 0.2) is 46.9 Å². The molecule has 0 bridgehead atoms. The number of halogens is 1. The molecule has 0 saturated carbocycles. The van der Waals surface area contributed by atoms with E-state index in [0.717, 1.165) is 4.47 Å². The third-order valence-electron chi connectivity index (χ3n) is 2.90. The summed E-state index contributed by atoms with van der Waals surface area (Å²) in [4.78, 5) is 12.8. The molecule has 0 aliphatic carbocycles. The summed E-state index contributed by atoms with van der Waals surface area (Å²) in [5.74, 6) is 1.01. The van der Waals surface area contributed by atoms with E-state index in [4.69, 9.17) is 9.47 Å². The molecule has 0 fully saturated rings. The first-order valence-corrected chi connectivity index (χ1v) is 7.46. The molecule has 0 aromatic heterocycles. The molecule has 0 spiro atoms. The average molecular weight is 349 g/mol. The molecule has 0 aliphatic rings. The second-order valence-corrected chi connectivity index (χ2v) is 5.75. The summed E-state index contributed by atoms with van der Waals surface area (Å²) >= 11 is 3.37. The Hall–Kier alpha value is -1.81. The Kier molecular flexibility index (Phi) is 5.02. The van der Waals surface area contributed by atoms with Gasteiger partial charge in [0.25, 0.3) is 0 Å². The molecule has 110 valence electrons. The fraction of sp³-hybridized carbons (Fsp3) is 0.235. The number of hydrogen-bond donors (Lipinski definition) is 0. The van der Waals surface area contributed by atoms with Crippen LogP contribution in [0.1, 0.15) is 29.8 Å². The predicted octanol–water partition coefficient (Wildman–Crippen LogP) is 4.48. The molecule has 0 amide bonds. The number of methoxy groups -OCH3 is 1. The van der Waals surface area contributed by atoms with E-state index in [1.807, 2.05) is 32.0 Å². The van der Waals surface area contributed by atoms with Gasteiger partial charge in [0, 0.05) is 4.47 Å². The van der Waals surface area contributed by atoms with E-state index < -0.39 is 0 Å². The molecule has 0 radical (unpaired) electrons. The molecule has 0 saturated heterocycles. The van der Waals surface area contributed by atoms with Crippen LogP contribution < -0.4 is 9.47 Å². The monoisotopic (exact) mass is 348 g/mol. The van der Waals surface area contributed by atoms with Gasteiger partial charge >= 0.3 is 0 Å². The topological polar surface area (TPSA) is 35.5 Å². The first kappa shape index (κ1) is 15.6. The summed E-state index contributed by atoms with van der Waals surface area (Å²) in [7, 11) is 1.55. The highest BCUT2D eigenvalue weighted by Gasteiger charge is 2.19. The van der Waals surface area contributed by atoms with Crippen molar-refractivity contribution >= 4 is 21.7 Å². The fourth-order valence-corrected chi connectivity index (χ4v) is 2.35. The maximum Gasteiger partial charge on any atom is 0.200 e. The van der Waals surface area contributed by atoms with E-state index in [2.05, 4.69) is 15.9 Å². The van der Waals surface area contributed by atoms with Crippen molar-refractivity contribution in [1.29, 1.82) is 0 Å². The largest absolute Gasteiger partial charge is 0.496 e. The van der Waals surface area contributed by atoms with Crippen LogP contribution in [0, 0.1) is 0 Å². The number of hydrogen-bond acceptors (Lipinski definition) is 3. The first-order chi connectivity index (χ1) is 10.0. The minimum Gasteiger partial charge on any atom is -0.496 e. The number of ether oxygens (including phenoxy) is 2. The van der Waals surface area contributed by atoms with E-state index in [1.54, 1.807) is 31.4 Å². The number of carbonyl (C=O) groups is 1. The van der Waals surface area contributed by atoms with Crippen molar-refractivity contribution < 1.29 is 14.3 Å². The van der Waals surface area contributed by atoms with Crippen molar-refractivity contribution in [2.45, 2.75) is 20.0 Å². The van der Waals surface area contributed by atoms with E-state index >= 15 is 0 Å². The van der Waals surface area contributed by atoms with E-state index in [0.29, 0.717) is 22.6 Å². The number of ketones is 1. The van der Waals surface area contributed by atoms with Crippen molar-refractivity contribution in [3.63, 3.8) is 0 Å². The molecule has 3 nitrogen and oxygen atoms in total. The van der Waals surface area contributed by atoms with Gasteiger partial charge in [0.2, 0.25) is 0 Å². The Morgan fingerprint density at radius 1 is 1.05 bits per heavy atom. The quantitative estimate of drug-likeness (QED) is 0.747. The van der Waals surface area contributed by atoms with E-state index in [9.17, 15) is 4.79 Å². The number of carbonyl (C=O) groups excluding carboxylic acids is 1. The lowest BCUT2D eigenvalue weighted by atomic mass is 10.0. The normalized spacial score (nSPS) is 10.5. The van der Waals surface area contributed by atoms with Crippen LogP contribution in [0.2, 0.25) is 0 Å². The maximum absolute atomic E-state index is 12.8. The molecule has 0 N–H and O–H groups in total. The van der Waals surface area contributed by atoms with Crippen LogP contribution in [-0.4, -0.2) is 19.0 Å². The van der Waals surface area contributed by atoms with Crippen molar-refractivity contribution in [3.8, 4) is 11.5 Å². The molecule has 0 atom stereocenters. The summed E-state index contributed by atoms with van der Waals surface area (Å²) in [5.41, 5.74) is 1.05. The van der Waals surface area contributed by atoms with Crippen LogP contribution in [-0.2, 0) is 0 Å². The minimum atomic E-state index is -0.115. The molecule has 0 unspecified atom stereocenters. The van der Waals surface area contributed by atoms with E-state index in [1.165, 1.54) is 0 Å². The molecule has 4 heteroatoms. The van der Waals surface area contributed by atoms with Gasteiger partial charge in [-0.3, -0.25) is 4.79 Å². The average Bonchev–Trinajstić information content (AvgIpc) is 2.46. The zero-order valence-electron chi connectivity index (χ0n) is 12.2. The third kappa shape index (κ3) is 3.64. The summed E-state index contributed by atoms with van der Waals surface area (Å²) in [6.07, 6.45) is 0.00534. The van der Waals surface area contributed by atoms with Crippen LogP contribution in [0.4, 0.5) is 0 Å². The Bertz CT molecular complexity index is 650. The zero-order chi connectivity index (χ0) is 15.4. The highest BCUT2D eigenvalue weighted by atomic mass is 79.9. The number of para-hydroxylation sites is 1. The standard InChI is InChI=1S/C17H17BrO3/c1-11(2)21-15-7-5-4-6-13(15)17(19)14-9-8-12(18)10-16(14)20-3/h4-11H,1-3H3. The molecule has 0 aliphatic heterocycles. The minimum absolute atomic E-state index is 0.00534. The van der Waals surface area contributed by atoms with Crippen molar-refractivity contribution in [1.82, 2.24) is 0 Å². The predicted molar refractivity (Wildman–Crippen MR) is 86.3 cm³/mol. The SMILES string of the molecule is COc1cc(Br)ccc1C(=O)c1ccccc1OC(C)C.